The van der Waals surface area contributed by atoms with Crippen molar-refractivity contribution in [2.24, 2.45) is 0 Å². The zero-order valence-corrected chi connectivity index (χ0v) is 7.92. The number of likely N-dealkylation sites (N-methyl/N-ethyl adjacent to an activating group) is 1. The number of hydrogen-bond donors (Lipinski definition) is 0. The van der Waals surface area contributed by atoms with E-state index in [1.807, 2.05) is 25.2 Å². The van der Waals surface area contributed by atoms with Gasteiger partial charge < -0.3 is 5.01 Å². The molecule has 3 heteroatoms. The summed E-state index contributed by atoms with van der Waals surface area (Å²) in [7, 11) is 3.96. The number of benzene rings is 1. The Balaban J connectivity index is 2.49. The molecule has 0 unspecified atom stereocenters. The van der Waals surface area contributed by atoms with Gasteiger partial charge in [-0.3, -0.25) is 0 Å². The van der Waals surface area contributed by atoms with Crippen molar-refractivity contribution < 1.29 is 4.39 Å². The summed E-state index contributed by atoms with van der Waals surface area (Å²) in [5, 5.41) is 4.07. The number of anilines is 1. The van der Waals surface area contributed by atoms with Crippen LogP contribution in [0.3, 0.4) is 0 Å². The summed E-state index contributed by atoms with van der Waals surface area (Å²) in [6.07, 6.45) is 0.794. The molecular weight excluding hydrogens is 167 g/mol. The Bertz CT molecular complexity index is 325. The third-order valence-corrected chi connectivity index (χ3v) is 2.64. The zero-order chi connectivity index (χ0) is 9.42. The molecule has 0 aliphatic carbocycles. The van der Waals surface area contributed by atoms with Crippen molar-refractivity contribution in [1.29, 1.82) is 0 Å². The van der Waals surface area contributed by atoms with Gasteiger partial charge in [-0.05, 0) is 18.6 Å². The minimum atomic E-state index is -0.0857. The van der Waals surface area contributed by atoms with Gasteiger partial charge in [0.25, 0.3) is 0 Å². The lowest BCUT2D eigenvalue weighted by Crippen LogP contribution is -2.42. The lowest BCUT2D eigenvalue weighted by Gasteiger charge is -2.36. The highest BCUT2D eigenvalue weighted by atomic mass is 19.1. The zero-order valence-electron chi connectivity index (χ0n) is 7.92. The molecule has 1 aromatic carbocycles. The first-order valence-electron chi connectivity index (χ1n) is 4.42. The maximum absolute atomic E-state index is 13.3. The van der Waals surface area contributed by atoms with E-state index in [0.717, 1.165) is 24.2 Å². The van der Waals surface area contributed by atoms with Gasteiger partial charge in [-0.2, -0.15) is 0 Å². The Labute approximate surface area is 77.5 Å². The van der Waals surface area contributed by atoms with Crippen LogP contribution in [0.25, 0.3) is 0 Å². The van der Waals surface area contributed by atoms with Crippen LogP contribution in [-0.2, 0) is 6.42 Å². The standard InChI is InChI=1S/C10H13FN2/c1-12-7-6-8-9(11)4-3-5-10(8)13(12)2/h3-5H,6-7H2,1-2H3. The van der Waals surface area contributed by atoms with Crippen molar-refractivity contribution in [2.45, 2.75) is 6.42 Å². The van der Waals surface area contributed by atoms with E-state index in [2.05, 4.69) is 5.01 Å². The van der Waals surface area contributed by atoms with Gasteiger partial charge in [-0.15, -0.1) is 0 Å². The number of fused-ring (bicyclic) bond motifs is 1. The smallest absolute Gasteiger partial charge is 0.128 e. The second kappa shape index (κ2) is 3.00. The summed E-state index contributed by atoms with van der Waals surface area (Å²) in [4.78, 5) is 0. The molecule has 0 atom stereocenters. The first-order valence-corrected chi connectivity index (χ1v) is 4.42. The van der Waals surface area contributed by atoms with E-state index < -0.39 is 0 Å². The molecular formula is C10H13FN2. The molecule has 70 valence electrons. The predicted octanol–water partition coefficient (Wildman–Crippen LogP) is 1.66. The van der Waals surface area contributed by atoms with Crippen molar-refractivity contribution in [1.82, 2.24) is 5.01 Å². The molecule has 0 spiro atoms. The maximum atomic E-state index is 13.3. The summed E-state index contributed by atoms with van der Waals surface area (Å²) in [5.74, 6) is -0.0857. The third-order valence-electron chi connectivity index (χ3n) is 2.64. The number of nitrogens with zero attached hydrogens (tertiary/aromatic N) is 2. The van der Waals surface area contributed by atoms with Crippen molar-refractivity contribution in [3.63, 3.8) is 0 Å². The van der Waals surface area contributed by atoms with E-state index in [-0.39, 0.29) is 5.82 Å². The summed E-state index contributed by atoms with van der Waals surface area (Å²) in [5.41, 5.74) is 1.82. The summed E-state index contributed by atoms with van der Waals surface area (Å²) in [6, 6.07) is 5.23. The largest absolute Gasteiger partial charge is 0.309 e. The molecule has 1 heterocycles. The Morgan fingerprint density at radius 2 is 2.08 bits per heavy atom. The minimum absolute atomic E-state index is 0.0857. The lowest BCUT2D eigenvalue weighted by molar-refractivity contribution is 0.310. The van der Waals surface area contributed by atoms with Crippen LogP contribution >= 0.6 is 0 Å². The summed E-state index contributed by atoms with van der Waals surface area (Å²) < 4.78 is 13.3. The van der Waals surface area contributed by atoms with Crippen LogP contribution < -0.4 is 5.01 Å². The minimum Gasteiger partial charge on any atom is -0.309 e. The van der Waals surface area contributed by atoms with E-state index in [0.29, 0.717) is 0 Å². The summed E-state index contributed by atoms with van der Waals surface area (Å²) in [6.45, 7) is 0.879. The first kappa shape index (κ1) is 8.51. The van der Waals surface area contributed by atoms with Gasteiger partial charge in [0.2, 0.25) is 0 Å². The van der Waals surface area contributed by atoms with Crippen LogP contribution in [0.15, 0.2) is 18.2 Å². The number of halogens is 1. The Morgan fingerprint density at radius 3 is 2.85 bits per heavy atom. The topological polar surface area (TPSA) is 6.48 Å². The Hall–Kier alpha value is -1.09. The molecule has 13 heavy (non-hydrogen) atoms. The van der Waals surface area contributed by atoms with Gasteiger partial charge >= 0.3 is 0 Å². The number of hydrogen-bond acceptors (Lipinski definition) is 2. The molecule has 1 aliphatic rings. The molecule has 0 radical (unpaired) electrons. The van der Waals surface area contributed by atoms with Gasteiger partial charge in [-0.1, -0.05) is 6.07 Å². The van der Waals surface area contributed by atoms with Crippen LogP contribution in [-0.4, -0.2) is 25.6 Å². The Morgan fingerprint density at radius 1 is 1.31 bits per heavy atom. The average molecular weight is 180 g/mol. The van der Waals surface area contributed by atoms with Gasteiger partial charge in [0.05, 0.1) is 5.69 Å². The fraction of sp³-hybridized carbons (Fsp3) is 0.400. The fourth-order valence-electron chi connectivity index (χ4n) is 1.71. The van der Waals surface area contributed by atoms with Crippen molar-refractivity contribution >= 4 is 5.69 Å². The van der Waals surface area contributed by atoms with Crippen LogP contribution in [0.5, 0.6) is 0 Å². The lowest BCUT2D eigenvalue weighted by atomic mass is 10.1. The SMILES string of the molecule is CN1CCc2c(F)cccc2N1C. The van der Waals surface area contributed by atoms with Crippen LogP contribution in [0.2, 0.25) is 0 Å². The Kier molecular flexibility index (Phi) is 1.96. The van der Waals surface area contributed by atoms with Gasteiger partial charge in [0.15, 0.2) is 0 Å². The maximum Gasteiger partial charge on any atom is 0.128 e. The van der Waals surface area contributed by atoms with Gasteiger partial charge in [0, 0.05) is 26.2 Å². The highest BCUT2D eigenvalue weighted by Gasteiger charge is 2.20. The number of hydrazine groups is 1. The van der Waals surface area contributed by atoms with E-state index in [9.17, 15) is 4.39 Å². The fourth-order valence-corrected chi connectivity index (χ4v) is 1.71. The van der Waals surface area contributed by atoms with Gasteiger partial charge in [-0.25, -0.2) is 9.40 Å². The molecule has 2 nitrogen and oxygen atoms in total. The molecule has 0 saturated heterocycles. The molecule has 2 rings (SSSR count). The molecule has 1 aromatic rings. The van der Waals surface area contributed by atoms with E-state index in [1.54, 1.807) is 6.07 Å². The monoisotopic (exact) mass is 180 g/mol. The molecule has 1 aliphatic heterocycles. The van der Waals surface area contributed by atoms with E-state index >= 15 is 0 Å². The van der Waals surface area contributed by atoms with Crippen molar-refractivity contribution in [3.8, 4) is 0 Å². The van der Waals surface area contributed by atoms with E-state index in [1.165, 1.54) is 6.07 Å². The highest BCUT2D eigenvalue weighted by Crippen LogP contribution is 2.27. The van der Waals surface area contributed by atoms with Crippen molar-refractivity contribution in [3.05, 3.63) is 29.6 Å². The van der Waals surface area contributed by atoms with Crippen LogP contribution in [0, 0.1) is 5.82 Å². The highest BCUT2D eigenvalue weighted by molar-refractivity contribution is 5.54. The summed E-state index contributed by atoms with van der Waals surface area (Å²) >= 11 is 0. The van der Waals surface area contributed by atoms with Crippen LogP contribution in [0.1, 0.15) is 5.56 Å². The normalized spacial score (nSPS) is 17.3. The quantitative estimate of drug-likeness (QED) is 0.599. The van der Waals surface area contributed by atoms with Crippen molar-refractivity contribution in [2.75, 3.05) is 25.6 Å². The molecule has 0 aromatic heterocycles. The predicted molar refractivity (Wildman–Crippen MR) is 51.1 cm³/mol. The third kappa shape index (κ3) is 1.29. The average Bonchev–Trinajstić information content (AvgIpc) is 2.12. The molecule has 0 amide bonds. The number of rotatable bonds is 0. The molecule has 0 saturated carbocycles. The van der Waals surface area contributed by atoms with Crippen LogP contribution in [0.4, 0.5) is 10.1 Å². The molecule has 0 N–H and O–H groups in total. The molecule has 0 fully saturated rings. The molecule has 0 bridgehead atoms. The van der Waals surface area contributed by atoms with Gasteiger partial charge in [0.1, 0.15) is 5.82 Å². The van der Waals surface area contributed by atoms with E-state index in [4.69, 9.17) is 0 Å². The first-order chi connectivity index (χ1) is 6.20. The second-order valence-electron chi connectivity index (χ2n) is 3.39. The second-order valence-corrected chi connectivity index (χ2v) is 3.39.